The summed E-state index contributed by atoms with van der Waals surface area (Å²) in [6, 6.07) is 6.18. The molecule has 1 heterocycles. The number of halogens is 1. The first-order chi connectivity index (χ1) is 9.19. The molecule has 1 aliphatic carbocycles. The molecule has 3 rings (SSSR count). The van der Waals surface area contributed by atoms with Gasteiger partial charge in [-0.25, -0.2) is 9.37 Å². The number of benzene rings is 1. The highest BCUT2D eigenvalue weighted by atomic mass is 32.1. The van der Waals surface area contributed by atoms with Crippen LogP contribution in [0.15, 0.2) is 24.3 Å². The van der Waals surface area contributed by atoms with Gasteiger partial charge in [0.05, 0.1) is 7.11 Å². The monoisotopic (exact) mass is 277 g/mol. The largest absolute Gasteiger partial charge is 0.480 e. The molecule has 1 saturated carbocycles. The molecule has 1 aromatic heterocycles. The van der Waals surface area contributed by atoms with Gasteiger partial charge in [-0.1, -0.05) is 12.1 Å². The molecule has 3 nitrogen and oxygen atoms in total. The average molecular weight is 277 g/mol. The summed E-state index contributed by atoms with van der Waals surface area (Å²) in [5, 5.41) is 0.611. The first kappa shape index (κ1) is 12.3. The third kappa shape index (κ3) is 2.38. The van der Waals surface area contributed by atoms with Crippen molar-refractivity contribution in [1.82, 2.24) is 4.98 Å². The number of ether oxygens (including phenoxy) is 1. The third-order valence-electron chi connectivity index (χ3n) is 3.03. The van der Waals surface area contributed by atoms with Crippen LogP contribution < -0.4 is 4.74 Å². The minimum absolute atomic E-state index is 0.0944. The zero-order valence-corrected chi connectivity index (χ0v) is 11.2. The number of ketones is 1. The molecular weight excluding hydrogens is 265 g/mol. The number of nitrogens with zero attached hydrogens (tertiary/aromatic N) is 1. The molecule has 0 amide bonds. The molecule has 0 atom stereocenters. The number of carbonyl (C=O) groups excluding carboxylic acids is 1. The van der Waals surface area contributed by atoms with E-state index in [0.29, 0.717) is 21.3 Å². The zero-order chi connectivity index (χ0) is 13.4. The number of carbonyl (C=O) groups is 1. The molecule has 0 saturated heterocycles. The normalized spacial score (nSPS) is 14.4. The van der Waals surface area contributed by atoms with E-state index in [1.165, 1.54) is 30.6 Å². The lowest BCUT2D eigenvalue weighted by molar-refractivity contribution is 0.0968. The molecule has 19 heavy (non-hydrogen) atoms. The van der Waals surface area contributed by atoms with E-state index in [1.54, 1.807) is 12.1 Å². The topological polar surface area (TPSA) is 39.2 Å². The van der Waals surface area contributed by atoms with Crippen molar-refractivity contribution in [1.29, 1.82) is 0 Å². The summed E-state index contributed by atoms with van der Waals surface area (Å²) in [6.45, 7) is 0. The van der Waals surface area contributed by atoms with Gasteiger partial charge in [0.1, 0.15) is 15.7 Å². The van der Waals surface area contributed by atoms with Gasteiger partial charge in [-0.05, 0) is 25.0 Å². The third-order valence-corrected chi connectivity index (χ3v) is 4.13. The van der Waals surface area contributed by atoms with Gasteiger partial charge < -0.3 is 4.74 Å². The number of rotatable bonds is 4. The van der Waals surface area contributed by atoms with Gasteiger partial charge in [0, 0.05) is 11.5 Å². The van der Waals surface area contributed by atoms with Crippen LogP contribution in [0.25, 0.3) is 10.6 Å². The molecule has 1 fully saturated rings. The standard InChI is InChI=1S/C14H12FNO2S/c1-18-13-12(11(17)8-5-6-8)19-14(16-13)9-3-2-4-10(15)7-9/h2-4,7-8H,5-6H2,1H3. The predicted octanol–water partition coefficient (Wildman–Crippen LogP) is 3.55. The summed E-state index contributed by atoms with van der Waals surface area (Å²) in [7, 11) is 1.49. The predicted molar refractivity (Wildman–Crippen MR) is 71.1 cm³/mol. The molecule has 1 aliphatic rings. The lowest BCUT2D eigenvalue weighted by Crippen LogP contribution is -2.00. The minimum Gasteiger partial charge on any atom is -0.480 e. The first-order valence-corrected chi connectivity index (χ1v) is 6.85. The summed E-state index contributed by atoms with van der Waals surface area (Å²) in [5.41, 5.74) is 0.665. The number of methoxy groups -OCH3 is 1. The highest BCUT2D eigenvalue weighted by Crippen LogP contribution is 2.39. The molecule has 1 aromatic carbocycles. The fourth-order valence-electron chi connectivity index (χ4n) is 1.88. The van der Waals surface area contributed by atoms with Crippen molar-refractivity contribution in [3.63, 3.8) is 0 Å². The molecule has 0 radical (unpaired) electrons. The van der Waals surface area contributed by atoms with Gasteiger partial charge >= 0.3 is 0 Å². The highest BCUT2D eigenvalue weighted by molar-refractivity contribution is 7.17. The van der Waals surface area contributed by atoms with Crippen molar-refractivity contribution < 1.29 is 13.9 Å². The lowest BCUT2D eigenvalue weighted by Gasteiger charge is -1.96. The van der Waals surface area contributed by atoms with Gasteiger partial charge in [0.2, 0.25) is 5.88 Å². The second kappa shape index (κ2) is 4.74. The maximum Gasteiger partial charge on any atom is 0.236 e. The molecule has 0 aliphatic heterocycles. The molecule has 0 bridgehead atoms. The molecular formula is C14H12FNO2S. The van der Waals surface area contributed by atoms with Gasteiger partial charge in [0.25, 0.3) is 0 Å². The maximum atomic E-state index is 13.2. The summed E-state index contributed by atoms with van der Waals surface area (Å²) in [4.78, 5) is 16.9. The second-order valence-corrected chi connectivity index (χ2v) is 5.51. The number of thiazole rings is 1. The van der Waals surface area contributed by atoms with Crippen LogP contribution in [0.4, 0.5) is 4.39 Å². The first-order valence-electron chi connectivity index (χ1n) is 6.04. The highest BCUT2D eigenvalue weighted by Gasteiger charge is 2.34. The Labute approximate surface area is 114 Å². The van der Waals surface area contributed by atoms with Crippen LogP contribution in [0, 0.1) is 11.7 Å². The number of hydrogen-bond donors (Lipinski definition) is 0. The Kier molecular flexibility index (Phi) is 3.06. The van der Waals surface area contributed by atoms with Crippen molar-refractivity contribution in [2.24, 2.45) is 5.92 Å². The fourth-order valence-corrected chi connectivity index (χ4v) is 2.93. The van der Waals surface area contributed by atoms with E-state index in [1.807, 2.05) is 0 Å². The van der Waals surface area contributed by atoms with Crippen molar-refractivity contribution in [3.8, 4) is 16.5 Å². The van der Waals surface area contributed by atoms with E-state index in [4.69, 9.17) is 4.74 Å². The van der Waals surface area contributed by atoms with E-state index >= 15 is 0 Å². The van der Waals surface area contributed by atoms with E-state index in [-0.39, 0.29) is 17.5 Å². The van der Waals surface area contributed by atoms with E-state index in [0.717, 1.165) is 12.8 Å². The van der Waals surface area contributed by atoms with Gasteiger partial charge in [0.15, 0.2) is 5.78 Å². The molecule has 2 aromatic rings. The van der Waals surface area contributed by atoms with E-state index in [9.17, 15) is 9.18 Å². The zero-order valence-electron chi connectivity index (χ0n) is 10.4. The van der Waals surface area contributed by atoms with Crippen LogP contribution in [-0.4, -0.2) is 17.9 Å². The summed E-state index contributed by atoms with van der Waals surface area (Å²) >= 11 is 1.27. The van der Waals surface area contributed by atoms with Gasteiger partial charge in [-0.15, -0.1) is 11.3 Å². The molecule has 0 unspecified atom stereocenters. The summed E-state index contributed by atoms with van der Waals surface area (Å²) < 4.78 is 18.4. The van der Waals surface area contributed by atoms with Crippen molar-refractivity contribution >= 4 is 17.1 Å². The van der Waals surface area contributed by atoms with Crippen LogP contribution in [0.2, 0.25) is 0 Å². The van der Waals surface area contributed by atoms with Crippen molar-refractivity contribution in [3.05, 3.63) is 35.0 Å². The van der Waals surface area contributed by atoms with E-state index in [2.05, 4.69) is 4.98 Å². The Hall–Kier alpha value is -1.75. The maximum absolute atomic E-state index is 13.2. The summed E-state index contributed by atoms with van der Waals surface area (Å²) in [6.07, 6.45) is 1.88. The molecule has 0 N–H and O–H groups in total. The van der Waals surface area contributed by atoms with Crippen LogP contribution >= 0.6 is 11.3 Å². The van der Waals surface area contributed by atoms with Crippen molar-refractivity contribution in [2.45, 2.75) is 12.8 Å². The van der Waals surface area contributed by atoms with Crippen LogP contribution in [0.5, 0.6) is 5.88 Å². The van der Waals surface area contributed by atoms with Crippen LogP contribution in [-0.2, 0) is 0 Å². The molecule has 98 valence electrons. The van der Waals surface area contributed by atoms with Gasteiger partial charge in [-0.3, -0.25) is 4.79 Å². The number of Topliss-reactive ketones (excluding diaryl/α,β-unsaturated/α-hetero) is 1. The van der Waals surface area contributed by atoms with E-state index < -0.39 is 0 Å². The second-order valence-electron chi connectivity index (χ2n) is 4.51. The molecule has 5 heteroatoms. The molecule has 0 spiro atoms. The Balaban J connectivity index is 2.01. The minimum atomic E-state index is -0.318. The Morgan fingerprint density at radius 2 is 2.26 bits per heavy atom. The fraction of sp³-hybridized carbons (Fsp3) is 0.286. The SMILES string of the molecule is COc1nc(-c2cccc(F)c2)sc1C(=O)C1CC1. The lowest BCUT2D eigenvalue weighted by atomic mass is 10.2. The Bertz CT molecular complexity index is 634. The smallest absolute Gasteiger partial charge is 0.236 e. The number of aromatic nitrogens is 1. The van der Waals surface area contributed by atoms with Crippen LogP contribution in [0.3, 0.4) is 0 Å². The summed E-state index contributed by atoms with van der Waals surface area (Å²) in [5.74, 6) is 0.245. The van der Waals surface area contributed by atoms with Crippen LogP contribution in [0.1, 0.15) is 22.5 Å². The average Bonchev–Trinajstić information content (AvgIpc) is 3.17. The quantitative estimate of drug-likeness (QED) is 0.802. The Morgan fingerprint density at radius 3 is 2.89 bits per heavy atom. The Morgan fingerprint density at radius 1 is 1.47 bits per heavy atom. The number of hydrogen-bond acceptors (Lipinski definition) is 4. The van der Waals surface area contributed by atoms with Gasteiger partial charge in [-0.2, -0.15) is 0 Å². The van der Waals surface area contributed by atoms with Crippen molar-refractivity contribution in [2.75, 3.05) is 7.11 Å².